The van der Waals surface area contributed by atoms with Gasteiger partial charge in [-0.25, -0.2) is 9.97 Å². The Kier molecular flexibility index (Phi) is 4.86. The number of halogens is 1. The predicted octanol–water partition coefficient (Wildman–Crippen LogP) is 3.25. The molecule has 4 nitrogen and oxygen atoms in total. The maximum absolute atomic E-state index is 12.9. The lowest BCUT2D eigenvalue weighted by Gasteiger charge is -2.24. The number of nitrogens with zero attached hydrogens (tertiary/aromatic N) is 3. The number of methoxy groups -OCH3 is 1. The van der Waals surface area contributed by atoms with Gasteiger partial charge in [0.1, 0.15) is 0 Å². The largest absolute Gasteiger partial charge is 0.481 e. The predicted molar refractivity (Wildman–Crippen MR) is 86.8 cm³/mol. The third kappa shape index (κ3) is 3.85. The van der Waals surface area contributed by atoms with Crippen molar-refractivity contribution in [3.05, 3.63) is 53.7 Å². The summed E-state index contributed by atoms with van der Waals surface area (Å²) in [5, 5.41) is 0. The molecule has 0 spiro atoms. The first-order chi connectivity index (χ1) is 11.2. The summed E-state index contributed by atoms with van der Waals surface area (Å²) < 4.78 is 18.1. The van der Waals surface area contributed by atoms with Gasteiger partial charge in [-0.2, -0.15) is 4.39 Å². The van der Waals surface area contributed by atoms with E-state index in [1.165, 1.54) is 6.07 Å². The molecule has 2 atom stereocenters. The van der Waals surface area contributed by atoms with Crippen molar-refractivity contribution in [2.24, 2.45) is 5.92 Å². The monoisotopic (exact) mass is 315 g/mol. The van der Waals surface area contributed by atoms with Crippen LogP contribution in [0.3, 0.4) is 0 Å². The molecule has 0 bridgehead atoms. The first kappa shape index (κ1) is 15.9. The SMILES string of the molecule is COc1cccc([C@H](C)N2CC[C@H](Cc3ccc(F)nc3)C2)n1. The van der Waals surface area contributed by atoms with Crippen molar-refractivity contribution < 1.29 is 9.13 Å². The second-order valence-electron chi connectivity index (χ2n) is 6.12. The van der Waals surface area contributed by atoms with Crippen molar-refractivity contribution in [3.8, 4) is 5.88 Å². The summed E-state index contributed by atoms with van der Waals surface area (Å²) in [6, 6.07) is 9.43. The Morgan fingerprint density at radius 1 is 1.35 bits per heavy atom. The normalized spacial score (nSPS) is 19.7. The van der Waals surface area contributed by atoms with Gasteiger partial charge < -0.3 is 4.74 Å². The molecule has 0 saturated carbocycles. The number of likely N-dealkylation sites (tertiary alicyclic amines) is 1. The maximum atomic E-state index is 12.9. The molecule has 1 saturated heterocycles. The number of aromatic nitrogens is 2. The van der Waals surface area contributed by atoms with Gasteiger partial charge in [0.15, 0.2) is 0 Å². The van der Waals surface area contributed by atoms with E-state index >= 15 is 0 Å². The van der Waals surface area contributed by atoms with E-state index in [9.17, 15) is 4.39 Å². The van der Waals surface area contributed by atoms with E-state index in [4.69, 9.17) is 4.74 Å². The van der Waals surface area contributed by atoms with Crippen LogP contribution in [-0.4, -0.2) is 35.1 Å². The Morgan fingerprint density at radius 2 is 2.22 bits per heavy atom. The minimum absolute atomic E-state index is 0.265. The summed E-state index contributed by atoms with van der Waals surface area (Å²) in [5.74, 6) is 0.817. The van der Waals surface area contributed by atoms with Crippen LogP contribution < -0.4 is 4.74 Å². The highest BCUT2D eigenvalue weighted by Gasteiger charge is 2.27. The molecule has 23 heavy (non-hydrogen) atoms. The first-order valence-corrected chi connectivity index (χ1v) is 8.01. The van der Waals surface area contributed by atoms with Gasteiger partial charge in [-0.1, -0.05) is 12.1 Å². The lowest BCUT2D eigenvalue weighted by atomic mass is 10.00. The third-order valence-electron chi connectivity index (χ3n) is 4.56. The minimum Gasteiger partial charge on any atom is -0.481 e. The van der Waals surface area contributed by atoms with Crippen molar-refractivity contribution in [2.45, 2.75) is 25.8 Å². The summed E-state index contributed by atoms with van der Waals surface area (Å²) in [7, 11) is 1.64. The van der Waals surface area contributed by atoms with Gasteiger partial charge in [0, 0.05) is 24.8 Å². The van der Waals surface area contributed by atoms with Crippen LogP contribution in [0.25, 0.3) is 0 Å². The lowest BCUT2D eigenvalue weighted by molar-refractivity contribution is 0.246. The molecule has 5 heteroatoms. The molecule has 122 valence electrons. The summed E-state index contributed by atoms with van der Waals surface area (Å²) in [5.41, 5.74) is 2.14. The number of ether oxygens (including phenoxy) is 1. The Bertz CT molecular complexity index is 647. The van der Waals surface area contributed by atoms with Crippen molar-refractivity contribution in [1.82, 2.24) is 14.9 Å². The van der Waals surface area contributed by atoms with E-state index < -0.39 is 5.95 Å². The quantitative estimate of drug-likeness (QED) is 0.794. The van der Waals surface area contributed by atoms with Crippen LogP contribution in [0.2, 0.25) is 0 Å². The van der Waals surface area contributed by atoms with Crippen LogP contribution in [0.15, 0.2) is 36.5 Å². The van der Waals surface area contributed by atoms with Crippen LogP contribution in [0, 0.1) is 11.9 Å². The van der Waals surface area contributed by atoms with Gasteiger partial charge in [0.25, 0.3) is 0 Å². The highest BCUT2D eigenvalue weighted by Crippen LogP contribution is 2.28. The summed E-state index contributed by atoms with van der Waals surface area (Å²) in [6.45, 7) is 4.26. The highest BCUT2D eigenvalue weighted by molar-refractivity contribution is 5.18. The smallest absolute Gasteiger partial charge is 0.213 e. The molecule has 1 aliphatic heterocycles. The van der Waals surface area contributed by atoms with E-state index in [-0.39, 0.29) is 6.04 Å². The highest BCUT2D eigenvalue weighted by atomic mass is 19.1. The Morgan fingerprint density at radius 3 is 2.96 bits per heavy atom. The molecule has 0 N–H and O–H groups in total. The molecule has 1 fully saturated rings. The van der Waals surface area contributed by atoms with Crippen LogP contribution in [-0.2, 0) is 6.42 Å². The maximum Gasteiger partial charge on any atom is 0.213 e. The molecular weight excluding hydrogens is 293 g/mol. The zero-order chi connectivity index (χ0) is 16.2. The number of rotatable bonds is 5. The molecule has 2 aromatic heterocycles. The molecule has 2 aromatic rings. The fourth-order valence-electron chi connectivity index (χ4n) is 3.21. The van der Waals surface area contributed by atoms with Crippen molar-refractivity contribution in [3.63, 3.8) is 0 Å². The number of pyridine rings is 2. The van der Waals surface area contributed by atoms with E-state index in [1.807, 2.05) is 24.3 Å². The molecule has 0 aliphatic carbocycles. The fourth-order valence-corrected chi connectivity index (χ4v) is 3.21. The summed E-state index contributed by atoms with van der Waals surface area (Å²) in [4.78, 5) is 10.7. The second-order valence-corrected chi connectivity index (χ2v) is 6.12. The molecule has 3 rings (SSSR count). The summed E-state index contributed by atoms with van der Waals surface area (Å²) in [6.07, 6.45) is 3.73. The fraction of sp³-hybridized carbons (Fsp3) is 0.444. The second kappa shape index (κ2) is 7.04. The van der Waals surface area contributed by atoms with Crippen molar-refractivity contribution in [1.29, 1.82) is 0 Å². The average molecular weight is 315 g/mol. The van der Waals surface area contributed by atoms with Crippen molar-refractivity contribution >= 4 is 0 Å². The van der Waals surface area contributed by atoms with Gasteiger partial charge in [0.2, 0.25) is 11.8 Å². The third-order valence-corrected chi connectivity index (χ3v) is 4.56. The molecule has 1 aliphatic rings. The molecule has 0 aromatic carbocycles. The van der Waals surface area contributed by atoms with Crippen LogP contribution in [0.5, 0.6) is 5.88 Å². The number of hydrogen-bond donors (Lipinski definition) is 0. The van der Waals surface area contributed by atoms with Gasteiger partial charge >= 0.3 is 0 Å². The van der Waals surface area contributed by atoms with Gasteiger partial charge in [-0.05, 0) is 49.9 Å². The Balaban J connectivity index is 1.61. The topological polar surface area (TPSA) is 38.2 Å². The van der Waals surface area contributed by atoms with Gasteiger partial charge in [-0.3, -0.25) is 4.90 Å². The first-order valence-electron chi connectivity index (χ1n) is 8.01. The summed E-state index contributed by atoms with van der Waals surface area (Å²) >= 11 is 0. The average Bonchev–Trinajstić information content (AvgIpc) is 3.05. The molecule has 0 amide bonds. The Labute approximate surface area is 136 Å². The Hall–Kier alpha value is -2.01. The molecule has 0 unspecified atom stereocenters. The van der Waals surface area contributed by atoms with E-state index in [2.05, 4.69) is 21.8 Å². The zero-order valence-electron chi connectivity index (χ0n) is 13.6. The van der Waals surface area contributed by atoms with Crippen LogP contribution in [0.4, 0.5) is 4.39 Å². The van der Waals surface area contributed by atoms with E-state index in [0.717, 1.165) is 37.2 Å². The van der Waals surface area contributed by atoms with Crippen molar-refractivity contribution in [2.75, 3.05) is 20.2 Å². The zero-order valence-corrected chi connectivity index (χ0v) is 13.6. The van der Waals surface area contributed by atoms with E-state index in [0.29, 0.717) is 11.8 Å². The molecular formula is C18H22FN3O. The van der Waals surface area contributed by atoms with Gasteiger partial charge in [-0.15, -0.1) is 0 Å². The van der Waals surface area contributed by atoms with Gasteiger partial charge in [0.05, 0.1) is 12.8 Å². The van der Waals surface area contributed by atoms with Crippen LogP contribution in [0.1, 0.15) is 30.6 Å². The standard InChI is InChI=1S/C18H22FN3O/c1-13(16-4-3-5-18(21-16)23-2)22-9-8-15(12-22)10-14-6-7-17(19)20-11-14/h3-7,11,13,15H,8-10,12H2,1-2H3/t13-,15+/m0/s1. The molecule has 3 heterocycles. The minimum atomic E-state index is -0.417. The number of hydrogen-bond acceptors (Lipinski definition) is 4. The lowest BCUT2D eigenvalue weighted by Crippen LogP contribution is -2.25. The van der Waals surface area contributed by atoms with E-state index in [1.54, 1.807) is 13.3 Å². The van der Waals surface area contributed by atoms with Crippen LogP contribution >= 0.6 is 0 Å². The molecule has 0 radical (unpaired) electrons.